The highest BCUT2D eigenvalue weighted by Crippen LogP contribution is 2.40. The maximum absolute atomic E-state index is 12.8. The molecule has 0 aromatic heterocycles. The predicted molar refractivity (Wildman–Crippen MR) is 278 cm³/mol. The van der Waals surface area contributed by atoms with Crippen molar-refractivity contribution >= 4 is 98.3 Å². The van der Waals surface area contributed by atoms with Gasteiger partial charge in [-0.2, -0.15) is 61.5 Å². The van der Waals surface area contributed by atoms with E-state index in [0.29, 0.717) is 25.7 Å². The monoisotopic (exact) mass is 1540 g/mol. The maximum atomic E-state index is 12.8. The van der Waals surface area contributed by atoms with Gasteiger partial charge in [0.15, 0.2) is 57.2 Å². The third-order valence-electron chi connectivity index (χ3n) is 11.1. The average Bonchev–Trinajstić information content (AvgIpc) is 0.792. The molecule has 5 atom stereocenters. The van der Waals surface area contributed by atoms with Crippen molar-refractivity contribution in [3.63, 3.8) is 0 Å². The highest BCUT2D eigenvalue weighted by molar-refractivity contribution is 7.88. The van der Waals surface area contributed by atoms with Gasteiger partial charge < -0.3 is 65.4 Å². The van der Waals surface area contributed by atoms with E-state index in [4.69, 9.17) is 4.74 Å². The summed E-state index contributed by atoms with van der Waals surface area (Å²) in [5, 5.41) is -27.2. The van der Waals surface area contributed by atoms with Crippen LogP contribution in [-0.2, 0) is 132 Å². The van der Waals surface area contributed by atoms with Crippen molar-refractivity contribution in [1.29, 1.82) is 0 Å². The molecule has 5 unspecified atom stereocenters. The highest BCUT2D eigenvalue weighted by atomic mass is 32.2. The van der Waals surface area contributed by atoms with Crippen LogP contribution < -0.4 is 0 Å². The van der Waals surface area contributed by atoms with Crippen LogP contribution in [0, 0.1) is 29.6 Å². The van der Waals surface area contributed by atoms with Gasteiger partial charge in [-0.15, -0.1) is 0 Å². The van der Waals surface area contributed by atoms with Gasteiger partial charge in [-0.3, -0.25) is 24.0 Å². The third-order valence-corrected chi connectivity index (χ3v) is 15.3. The fourth-order valence-corrected chi connectivity index (χ4v) is 5.60. The molecule has 0 amide bonds. The van der Waals surface area contributed by atoms with Crippen LogP contribution in [0.5, 0.6) is 0 Å². The normalized spacial score (nSPS) is 14.3. The minimum Gasteiger partial charge on any atom is -0.743 e. The standard InChI is InChI=1S/C11H18F2O7S.C9H14F4O6S.C9H14F2O7S.C8H12F4O5S.C8H12F2O7S/c1-3-8(2)9(14)19-6-4-5-7-20-10(15)11(12,13)21(16,17)18;1-3-6(2)7(14)18-4-5-19-8(10,11)9(12,13)20(15,16)17;1-3-6(2)7(12)17-4-5-18-8(13)9(10,11)19(14,15)16;1-3-5(2)6(13)17-4-7(9,10)8(11,12)18(14,15)16;1-3-5(2)6(11)16-4-17-7(12)8(9,10)18(13,14)15/h8H,3-7H2,1-2H3,(H,16,17,18);6H,3-5H2,1-2H3,(H,15,16,17);6H,3-5H2,1-2H3,(H,14,15,16);5H,3-4H2,1-2H3,(H,14,15,16);5H,3-4H2,1-2H3,(H,13,14,15)/p-5. The van der Waals surface area contributed by atoms with Gasteiger partial charge in [0, 0.05) is 0 Å². The lowest BCUT2D eigenvalue weighted by Crippen LogP contribution is -2.50. The molecule has 0 spiro atoms. The van der Waals surface area contributed by atoms with Crippen molar-refractivity contribution in [1.82, 2.24) is 0 Å². The van der Waals surface area contributed by atoms with Gasteiger partial charge in [-0.05, 0) is 44.9 Å². The molecule has 0 fully saturated rings. The summed E-state index contributed by atoms with van der Waals surface area (Å²) >= 11 is 0. The van der Waals surface area contributed by atoms with E-state index in [1.54, 1.807) is 34.6 Å². The highest BCUT2D eigenvalue weighted by Gasteiger charge is 2.64. The van der Waals surface area contributed by atoms with Gasteiger partial charge >= 0.3 is 86.1 Å². The first-order valence-corrected chi connectivity index (χ1v) is 33.3. The van der Waals surface area contributed by atoms with Crippen molar-refractivity contribution in [3.05, 3.63) is 0 Å². The largest absolute Gasteiger partial charge is 0.743 e. The van der Waals surface area contributed by atoms with Crippen LogP contribution >= 0.6 is 0 Å². The lowest BCUT2D eigenvalue weighted by Gasteiger charge is -2.28. The van der Waals surface area contributed by atoms with E-state index < -0.39 is 207 Å². The first kappa shape index (κ1) is 99.0. The zero-order chi connectivity index (χ0) is 77.5. The van der Waals surface area contributed by atoms with Crippen LogP contribution in [0.25, 0.3) is 0 Å². The second kappa shape index (κ2) is 41.6. The zero-order valence-electron chi connectivity index (χ0n) is 51.4. The summed E-state index contributed by atoms with van der Waals surface area (Å²) in [5.41, 5.74) is 0. The van der Waals surface area contributed by atoms with Crippen molar-refractivity contribution in [2.75, 3.05) is 53.0 Å². The van der Waals surface area contributed by atoms with E-state index >= 15 is 0 Å². The fraction of sp³-hybridized carbons (Fsp3) is 0.822. The third kappa shape index (κ3) is 33.7. The van der Waals surface area contributed by atoms with Gasteiger partial charge in [0.05, 0.1) is 49.4 Å². The molecular weight excluding hydrogens is 1480 g/mol. The number of esters is 8. The van der Waals surface area contributed by atoms with Gasteiger partial charge in [-0.25, -0.2) is 56.5 Å². The quantitative estimate of drug-likeness (QED) is 0.0212. The van der Waals surface area contributed by atoms with E-state index in [1.807, 2.05) is 6.92 Å². The number of halogens is 14. The van der Waals surface area contributed by atoms with Crippen molar-refractivity contribution in [2.24, 2.45) is 29.6 Å². The smallest absolute Gasteiger partial charge is 0.433 e. The Hall–Kier alpha value is -5.71. The van der Waals surface area contributed by atoms with E-state index in [2.05, 4.69) is 37.9 Å². The Kier molecular flexibility index (Phi) is 42.9. The average molecular weight is 1540 g/mol. The Balaban J connectivity index is -0.000000360. The molecule has 0 aliphatic rings. The molecule has 0 N–H and O–H groups in total. The Morgan fingerprint density at radius 1 is 0.323 bits per heavy atom. The van der Waals surface area contributed by atoms with E-state index in [0.717, 1.165) is 0 Å². The molecule has 0 saturated carbocycles. The van der Waals surface area contributed by atoms with Crippen LogP contribution in [0.15, 0.2) is 0 Å². The van der Waals surface area contributed by atoms with Crippen LogP contribution in [0.1, 0.15) is 114 Å². The molecule has 0 rings (SSSR count). The van der Waals surface area contributed by atoms with Gasteiger partial charge in [0.1, 0.15) is 19.8 Å². The number of ether oxygens (including phenoxy) is 9. The summed E-state index contributed by atoms with van der Waals surface area (Å²) in [7, 11) is -31.6. The minimum absolute atomic E-state index is 0.0248. The van der Waals surface area contributed by atoms with E-state index in [-0.39, 0.29) is 31.8 Å². The second-order valence-corrected chi connectivity index (χ2v) is 25.7. The number of hydrogen-bond acceptors (Lipinski definition) is 32. The molecule has 0 heterocycles. The van der Waals surface area contributed by atoms with E-state index in [9.17, 15) is 165 Å². The zero-order valence-corrected chi connectivity index (χ0v) is 55.5. The molecule has 51 heteroatoms. The molecule has 0 saturated heterocycles. The van der Waals surface area contributed by atoms with Gasteiger partial charge in [-0.1, -0.05) is 69.2 Å². The molecule has 0 aromatic rings. The molecule has 0 bridgehead atoms. The first-order valence-electron chi connectivity index (χ1n) is 26.2. The van der Waals surface area contributed by atoms with Gasteiger partial charge in [0.2, 0.25) is 6.79 Å². The fourth-order valence-electron chi connectivity index (χ4n) is 4.03. The summed E-state index contributed by atoms with van der Waals surface area (Å²) in [6.45, 7) is 8.85. The number of hydrogen-bond donors (Lipinski definition) is 0. The summed E-state index contributed by atoms with van der Waals surface area (Å²) in [5.74, 6) is -19.0. The molecule has 0 aromatic carbocycles. The summed E-state index contributed by atoms with van der Waals surface area (Å²) < 4.78 is 365. The second-order valence-electron chi connectivity index (χ2n) is 18.6. The van der Waals surface area contributed by atoms with E-state index in [1.165, 1.54) is 27.7 Å². The molecular formula is C45H65F14O32S5-5. The number of carbonyl (C=O) groups excluding carboxylic acids is 8. The van der Waals surface area contributed by atoms with Crippen molar-refractivity contribution in [2.45, 2.75) is 152 Å². The molecule has 96 heavy (non-hydrogen) atoms. The summed E-state index contributed by atoms with van der Waals surface area (Å²) in [6, 6.07) is 0. The van der Waals surface area contributed by atoms with Crippen LogP contribution in [0.3, 0.4) is 0 Å². The molecule has 0 radical (unpaired) electrons. The Morgan fingerprint density at radius 3 is 0.854 bits per heavy atom. The Labute approximate surface area is 539 Å². The molecule has 0 aliphatic carbocycles. The summed E-state index contributed by atoms with van der Waals surface area (Å²) in [6.07, 6.45) is -3.02. The topological polar surface area (TPSA) is 506 Å². The Morgan fingerprint density at radius 2 is 0.562 bits per heavy atom. The first-order chi connectivity index (χ1) is 42.8. The molecule has 570 valence electrons. The molecule has 32 nitrogen and oxygen atoms in total. The summed E-state index contributed by atoms with van der Waals surface area (Å²) in [4.78, 5) is 87.4. The number of alkyl halides is 14. The van der Waals surface area contributed by atoms with Crippen LogP contribution in [0.2, 0.25) is 0 Å². The van der Waals surface area contributed by atoms with Crippen LogP contribution in [-0.4, -0.2) is 204 Å². The lowest BCUT2D eigenvalue weighted by molar-refractivity contribution is -0.320. The SMILES string of the molecule is CCC(C)C(=O)OCC(F)(F)C(F)(F)S(=O)(=O)[O-].CCC(C)C(=O)OCCCCOC(=O)C(F)(F)S(=O)(=O)[O-].CCC(C)C(=O)OCCOC(=O)C(F)(F)S(=O)(=O)[O-].CCC(C)C(=O)OCCOC(F)(F)C(F)(F)S(=O)(=O)[O-].CCC(C)C(=O)OCOC(=O)C(F)(F)S(=O)(=O)[O-]. The lowest BCUT2D eigenvalue weighted by atomic mass is 10.1. The number of carbonyl (C=O) groups is 8. The van der Waals surface area contributed by atoms with Gasteiger partial charge in [0.25, 0.3) is 0 Å². The number of rotatable bonds is 36. The Bertz CT molecular complexity index is 3100. The minimum atomic E-state index is -6.60. The number of unbranched alkanes of at least 4 members (excludes halogenated alkanes) is 1. The molecule has 0 aliphatic heterocycles. The van der Waals surface area contributed by atoms with Crippen molar-refractivity contribution < 1.29 is 207 Å². The van der Waals surface area contributed by atoms with Crippen LogP contribution in [0.4, 0.5) is 61.5 Å². The predicted octanol–water partition coefficient (Wildman–Crippen LogP) is 4.18. The maximum Gasteiger partial charge on any atom is 0.433 e. The van der Waals surface area contributed by atoms with Crippen molar-refractivity contribution in [3.8, 4) is 0 Å².